The van der Waals surface area contributed by atoms with Gasteiger partial charge in [0, 0.05) is 19.3 Å². The molecule has 0 aliphatic carbocycles. The third kappa shape index (κ3) is 21.5. The minimum absolute atomic E-state index is 0.000155. The van der Waals surface area contributed by atoms with Gasteiger partial charge in [-0.1, -0.05) is 153 Å². The zero-order valence-corrected chi connectivity index (χ0v) is 70.4. The van der Waals surface area contributed by atoms with Crippen molar-refractivity contribution in [1.82, 2.24) is 0 Å². The summed E-state index contributed by atoms with van der Waals surface area (Å²) in [7, 11) is -11.4. The maximum atomic E-state index is 7.83. The lowest BCUT2D eigenvalue weighted by Gasteiger charge is -2.56. The van der Waals surface area contributed by atoms with Gasteiger partial charge in [0.25, 0.3) is 0 Å². The highest BCUT2D eigenvalue weighted by Gasteiger charge is 2.58. The standard InChI is InChI=1S/C73H139IO12Si5/c1-49(42-54-32-35-60-65(81-54)67(85-90(26,27)72(14,15)16)68(86-91(28,29)73(17,18)19)66(82-60)61(37-38-74)84-89(24,25)71(11,12)13)41-53-45-57(46-58(83-88(22,23)70(8,9)10)48-77-87(20,21)69(5,6)7)80-63(53)47-62-52(4)50(2)43-55(79-62)31-34-59-51(3)44-56(78-59)33-36-64-75-39-30-40-76-64/h37-38,49-50,53-68H,3-4,30-36,39-48H2,1-2,5-29H3/b38-37+/t49?,50?,53-,54-,55+,56+,57+,58?,59+,60+,61?,62-,63+,65?,66?,67?,68?/m1/s1. The maximum absolute atomic E-state index is 7.83. The zero-order chi connectivity index (χ0) is 68.5. The molecule has 0 spiro atoms. The Morgan fingerprint density at radius 3 is 1.69 bits per heavy atom. The predicted molar refractivity (Wildman–Crippen MR) is 398 cm³/mol. The van der Waals surface area contributed by atoms with Gasteiger partial charge >= 0.3 is 0 Å². The molecule has 0 aromatic rings. The van der Waals surface area contributed by atoms with Crippen LogP contribution in [0.15, 0.2) is 34.5 Å². The molecule has 0 aromatic carbocycles. The molecule has 0 N–H and O–H groups in total. The zero-order valence-electron chi connectivity index (χ0n) is 63.3. The molecule has 6 heterocycles. The van der Waals surface area contributed by atoms with Crippen LogP contribution in [0.1, 0.15) is 208 Å². The van der Waals surface area contributed by atoms with Gasteiger partial charge in [0.2, 0.25) is 0 Å². The second kappa shape index (κ2) is 31.6. The first-order valence-electron chi connectivity index (χ1n) is 36.0. The van der Waals surface area contributed by atoms with E-state index in [0.29, 0.717) is 24.4 Å². The smallest absolute Gasteiger partial charge is 0.193 e. The van der Waals surface area contributed by atoms with Gasteiger partial charge in [-0.25, -0.2) is 0 Å². The van der Waals surface area contributed by atoms with Gasteiger partial charge in [0.05, 0.1) is 80.9 Å². The first-order valence-corrected chi connectivity index (χ1v) is 51.8. The molecule has 530 valence electrons. The number of fused-ring (bicyclic) bond motifs is 1. The molecule has 12 nitrogen and oxygen atoms in total. The lowest BCUT2D eigenvalue weighted by molar-refractivity contribution is -0.267. The highest BCUT2D eigenvalue weighted by Crippen LogP contribution is 2.50. The average molecular weight is 1480 g/mol. The van der Waals surface area contributed by atoms with Gasteiger partial charge in [0.1, 0.15) is 24.4 Å². The number of rotatable bonds is 27. The van der Waals surface area contributed by atoms with Crippen LogP contribution < -0.4 is 0 Å². The summed E-state index contributed by atoms with van der Waals surface area (Å²) in [5.41, 5.74) is 2.40. The van der Waals surface area contributed by atoms with Crippen molar-refractivity contribution in [1.29, 1.82) is 0 Å². The van der Waals surface area contributed by atoms with E-state index in [4.69, 9.17) is 61.9 Å². The van der Waals surface area contributed by atoms with Gasteiger partial charge in [-0.05, 0) is 200 Å². The van der Waals surface area contributed by atoms with Crippen molar-refractivity contribution in [3.63, 3.8) is 0 Å². The lowest BCUT2D eigenvalue weighted by atomic mass is 9.80. The molecule has 17 atom stereocenters. The normalized spacial score (nSPS) is 32.2. The molecular weight excluding hydrogens is 1340 g/mol. The Morgan fingerprint density at radius 2 is 1.12 bits per heavy atom. The Kier molecular flexibility index (Phi) is 28.0. The summed E-state index contributed by atoms with van der Waals surface area (Å²) in [6.07, 6.45) is 13.2. The van der Waals surface area contributed by atoms with Crippen molar-refractivity contribution in [3.05, 3.63) is 34.5 Å². The van der Waals surface area contributed by atoms with Crippen molar-refractivity contribution < 1.29 is 55.3 Å². The van der Waals surface area contributed by atoms with Crippen LogP contribution in [0.2, 0.25) is 90.7 Å². The van der Waals surface area contributed by atoms with Crippen molar-refractivity contribution >= 4 is 64.2 Å². The van der Waals surface area contributed by atoms with Crippen LogP contribution in [0, 0.1) is 17.8 Å². The van der Waals surface area contributed by atoms with Gasteiger partial charge in [-0.3, -0.25) is 0 Å². The summed E-state index contributed by atoms with van der Waals surface area (Å²) in [5, 5.41) is 0.0679. The number of hydrogen-bond donors (Lipinski definition) is 0. The monoisotopic (exact) mass is 1470 g/mol. The van der Waals surface area contributed by atoms with E-state index in [2.05, 4.69) is 223 Å². The van der Waals surface area contributed by atoms with Crippen LogP contribution in [0.3, 0.4) is 0 Å². The molecule has 0 radical (unpaired) electrons. The van der Waals surface area contributed by atoms with E-state index in [1.165, 1.54) is 11.1 Å². The van der Waals surface area contributed by atoms with Gasteiger partial charge < -0.3 is 55.3 Å². The first kappa shape index (κ1) is 80.5. The summed E-state index contributed by atoms with van der Waals surface area (Å²) in [4.78, 5) is 0. The fraction of sp³-hybridized carbons (Fsp3) is 0.918. The second-order valence-corrected chi connectivity index (χ2v) is 61.5. The Balaban J connectivity index is 1.27. The lowest BCUT2D eigenvalue weighted by Crippen LogP contribution is -2.69. The Morgan fingerprint density at radius 1 is 0.571 bits per heavy atom. The van der Waals surface area contributed by atoms with E-state index in [9.17, 15) is 0 Å². The van der Waals surface area contributed by atoms with E-state index in [1.807, 2.05) is 0 Å². The molecule has 0 bridgehead atoms. The summed E-state index contributed by atoms with van der Waals surface area (Å²) in [6.45, 7) is 75.0. The van der Waals surface area contributed by atoms with Crippen LogP contribution in [0.25, 0.3) is 0 Å². The number of halogens is 1. The molecular formula is C73H139IO12Si5. The average Bonchev–Trinajstić information content (AvgIpc) is 1.35. The van der Waals surface area contributed by atoms with E-state index in [1.54, 1.807) is 0 Å². The van der Waals surface area contributed by atoms with Crippen molar-refractivity contribution in [2.75, 3.05) is 19.8 Å². The molecule has 6 rings (SSSR count). The molecule has 6 aliphatic heterocycles. The van der Waals surface area contributed by atoms with Crippen molar-refractivity contribution in [2.24, 2.45) is 17.8 Å². The molecule has 18 heteroatoms. The van der Waals surface area contributed by atoms with E-state index >= 15 is 0 Å². The highest BCUT2D eigenvalue weighted by atomic mass is 127. The molecule has 8 unspecified atom stereocenters. The first-order chi connectivity index (χ1) is 41.5. The third-order valence-electron chi connectivity index (χ3n) is 24.3. The number of ether oxygens (including phenoxy) is 7. The third-order valence-corrected chi connectivity index (χ3v) is 47.2. The van der Waals surface area contributed by atoms with Gasteiger partial charge in [-0.2, -0.15) is 0 Å². The van der Waals surface area contributed by atoms with Gasteiger partial charge in [0.15, 0.2) is 47.9 Å². The van der Waals surface area contributed by atoms with E-state index in [0.717, 1.165) is 103 Å². The predicted octanol–water partition coefficient (Wildman–Crippen LogP) is 20.2. The molecule has 6 aliphatic rings. The minimum Gasteiger partial charge on any atom is -0.414 e. The Labute approximate surface area is 577 Å². The largest absolute Gasteiger partial charge is 0.414 e. The molecule has 0 amide bonds. The van der Waals surface area contributed by atoms with Crippen LogP contribution in [0.5, 0.6) is 0 Å². The fourth-order valence-corrected chi connectivity index (χ4v) is 19.8. The van der Waals surface area contributed by atoms with Crippen LogP contribution >= 0.6 is 22.6 Å². The Bertz CT molecular complexity index is 2340. The van der Waals surface area contributed by atoms with Crippen LogP contribution in [-0.4, -0.2) is 153 Å². The highest BCUT2D eigenvalue weighted by molar-refractivity contribution is 14.1. The summed E-state index contributed by atoms with van der Waals surface area (Å²) in [6, 6.07) is 0. The van der Waals surface area contributed by atoms with Crippen molar-refractivity contribution in [2.45, 2.75) is 390 Å². The van der Waals surface area contributed by atoms with E-state index in [-0.39, 0.29) is 111 Å². The quantitative estimate of drug-likeness (QED) is 0.0444. The minimum atomic E-state index is -2.42. The summed E-state index contributed by atoms with van der Waals surface area (Å²) >= 11 is 2.36. The molecule has 6 fully saturated rings. The topological polar surface area (TPSA) is 111 Å². The van der Waals surface area contributed by atoms with Crippen LogP contribution in [0.4, 0.5) is 0 Å². The van der Waals surface area contributed by atoms with Crippen molar-refractivity contribution in [3.8, 4) is 0 Å². The summed E-state index contributed by atoms with van der Waals surface area (Å²) in [5.74, 6) is 1.01. The van der Waals surface area contributed by atoms with E-state index < -0.39 is 47.7 Å². The van der Waals surface area contributed by atoms with Gasteiger partial charge in [-0.15, -0.1) is 0 Å². The number of hydrogen-bond acceptors (Lipinski definition) is 12. The molecule has 0 aromatic heterocycles. The molecule has 6 saturated heterocycles. The maximum Gasteiger partial charge on any atom is 0.193 e. The molecule has 91 heavy (non-hydrogen) atoms. The van der Waals surface area contributed by atoms with Crippen LogP contribution in [-0.2, 0) is 55.3 Å². The Hall–Kier alpha value is 0.554. The SMILES string of the molecule is C=C1C[C@H](CCC2OCCCO2)O[C@H]1CC[C@H]1CC(C)C(=C)[C@@H](C[C@@H]2O[C@H](CC(CO[Si](C)(C)C(C)(C)C)O[Si](C)(C)C(C)(C)C)C[C@H]2CC(C)C[C@H]2CC[C@@H]3OC(C(/C=C/I)O[Si](C)(C)C(C)(C)C)C(O[Si](C)(C)C(C)(C)C)C(O[Si](C)(C)C(C)(C)C)C3O2)O1. The summed E-state index contributed by atoms with van der Waals surface area (Å²) < 4.78 is 88.0. The molecule has 0 saturated carbocycles. The second-order valence-electron chi connectivity index (χ2n) is 36.9. The fourth-order valence-electron chi connectivity index (χ4n) is 13.1.